The van der Waals surface area contributed by atoms with Gasteiger partial charge in [-0.3, -0.25) is 4.79 Å². The smallest absolute Gasteiger partial charge is 0.252 e. The normalized spacial score (nSPS) is 12.1. The van der Waals surface area contributed by atoms with E-state index in [1.807, 2.05) is 61.5 Å². The van der Waals surface area contributed by atoms with Crippen molar-refractivity contribution >= 4 is 40.2 Å². The summed E-state index contributed by atoms with van der Waals surface area (Å²) in [6.07, 6.45) is 0.888. The fraction of sp³-hybridized carbons (Fsp3) is 0.200. The first kappa shape index (κ1) is 17.8. The number of benzene rings is 2. The Balaban J connectivity index is 2.01. The predicted molar refractivity (Wildman–Crippen MR) is 105 cm³/mol. The minimum Gasteiger partial charge on any atom is -0.350 e. The van der Waals surface area contributed by atoms with E-state index in [2.05, 4.69) is 17.2 Å². The fourth-order valence-corrected chi connectivity index (χ4v) is 3.60. The monoisotopic (exact) mass is 370 g/mol. The number of hydrogen-bond donors (Lipinski definition) is 1. The molecule has 3 nitrogen and oxygen atoms in total. The molecule has 1 unspecified atom stereocenters. The average Bonchev–Trinajstić information content (AvgIpc) is 2.61. The van der Waals surface area contributed by atoms with E-state index in [0.717, 1.165) is 27.2 Å². The first-order valence-corrected chi connectivity index (χ1v) is 9.40. The lowest BCUT2D eigenvalue weighted by molar-refractivity contribution is 0.0940. The Morgan fingerprint density at radius 3 is 2.76 bits per heavy atom. The van der Waals surface area contributed by atoms with Crippen molar-refractivity contribution in [3.8, 4) is 0 Å². The molecule has 0 aliphatic rings. The van der Waals surface area contributed by atoms with Gasteiger partial charge in [0.05, 0.1) is 11.1 Å². The molecule has 3 aromatic rings. The number of nitrogens with one attached hydrogen (secondary N) is 1. The fourth-order valence-electron chi connectivity index (χ4n) is 2.45. The Bertz CT molecular complexity index is 913. The van der Waals surface area contributed by atoms with Gasteiger partial charge in [0.1, 0.15) is 5.03 Å². The molecule has 0 saturated carbocycles. The zero-order valence-corrected chi connectivity index (χ0v) is 15.7. The molecular formula is C20H19ClN2OS. The lowest BCUT2D eigenvalue weighted by Crippen LogP contribution is -2.32. The van der Waals surface area contributed by atoms with Crippen LogP contribution in [0.25, 0.3) is 10.9 Å². The molecular weight excluding hydrogens is 352 g/mol. The van der Waals surface area contributed by atoms with Crippen LogP contribution in [0.5, 0.6) is 0 Å². The largest absolute Gasteiger partial charge is 0.350 e. The Labute approximate surface area is 156 Å². The highest BCUT2D eigenvalue weighted by Gasteiger charge is 2.15. The number of pyridine rings is 1. The summed E-state index contributed by atoms with van der Waals surface area (Å²) in [5.74, 6) is -0.0686. The van der Waals surface area contributed by atoms with Gasteiger partial charge in [0.15, 0.2) is 0 Å². The second-order valence-electron chi connectivity index (χ2n) is 5.87. The molecule has 0 fully saturated rings. The minimum absolute atomic E-state index is 0.0686. The third-order valence-corrected chi connectivity index (χ3v) is 5.09. The summed E-state index contributed by atoms with van der Waals surface area (Å²) in [5, 5.41) is 5.36. The van der Waals surface area contributed by atoms with Crippen LogP contribution in [0, 0.1) is 0 Å². The van der Waals surface area contributed by atoms with Crippen LogP contribution in [0.3, 0.4) is 0 Å². The maximum Gasteiger partial charge on any atom is 0.252 e. The highest BCUT2D eigenvalue weighted by atomic mass is 35.5. The summed E-state index contributed by atoms with van der Waals surface area (Å²) >= 11 is 7.56. The Kier molecular flexibility index (Phi) is 5.61. The van der Waals surface area contributed by atoms with Gasteiger partial charge in [-0.25, -0.2) is 4.98 Å². The average molecular weight is 371 g/mol. The molecule has 128 valence electrons. The van der Waals surface area contributed by atoms with Crippen molar-refractivity contribution < 1.29 is 4.79 Å². The van der Waals surface area contributed by atoms with Crippen molar-refractivity contribution in [1.82, 2.24) is 10.3 Å². The van der Waals surface area contributed by atoms with Gasteiger partial charge < -0.3 is 5.32 Å². The SMILES string of the molecule is CCC(C)NC(=O)c1cc(Sc2cccc(Cl)c2)nc2ccccc12. The maximum absolute atomic E-state index is 12.7. The Hall–Kier alpha value is -2.04. The van der Waals surface area contributed by atoms with Crippen molar-refractivity contribution in [3.63, 3.8) is 0 Å². The number of hydrogen-bond acceptors (Lipinski definition) is 3. The number of para-hydroxylation sites is 1. The standard InChI is InChI=1S/C20H19ClN2OS/c1-3-13(2)22-20(24)17-12-19(23-18-10-5-4-9-16(17)18)25-15-8-6-7-14(21)11-15/h4-13H,3H2,1-2H3,(H,22,24). The number of carbonyl (C=O) groups is 1. The van der Waals surface area contributed by atoms with Crippen LogP contribution in [0.4, 0.5) is 0 Å². The topological polar surface area (TPSA) is 42.0 Å². The summed E-state index contributed by atoms with van der Waals surface area (Å²) in [4.78, 5) is 18.4. The van der Waals surface area contributed by atoms with Crippen LogP contribution in [0.1, 0.15) is 30.6 Å². The first-order chi connectivity index (χ1) is 12.1. The van der Waals surface area contributed by atoms with E-state index in [0.29, 0.717) is 10.6 Å². The molecule has 3 rings (SSSR count). The lowest BCUT2D eigenvalue weighted by Gasteiger charge is -2.14. The number of fused-ring (bicyclic) bond motifs is 1. The van der Waals surface area contributed by atoms with Crippen LogP contribution in [-0.2, 0) is 0 Å². The minimum atomic E-state index is -0.0686. The highest BCUT2D eigenvalue weighted by molar-refractivity contribution is 7.99. The number of nitrogens with zero attached hydrogens (tertiary/aromatic N) is 1. The van der Waals surface area contributed by atoms with Gasteiger partial charge in [0.2, 0.25) is 0 Å². The molecule has 0 aliphatic heterocycles. The molecule has 1 amide bonds. The van der Waals surface area contributed by atoms with Crippen molar-refractivity contribution in [2.45, 2.75) is 36.2 Å². The van der Waals surface area contributed by atoms with Gasteiger partial charge in [0.25, 0.3) is 5.91 Å². The Morgan fingerprint density at radius 1 is 1.20 bits per heavy atom. The van der Waals surface area contributed by atoms with Crippen molar-refractivity contribution in [1.29, 1.82) is 0 Å². The molecule has 1 aromatic heterocycles. The van der Waals surface area contributed by atoms with Gasteiger partial charge in [-0.05, 0) is 43.7 Å². The zero-order valence-electron chi connectivity index (χ0n) is 14.1. The van der Waals surface area contributed by atoms with Crippen LogP contribution in [0.15, 0.2) is 64.5 Å². The van der Waals surface area contributed by atoms with Crippen LogP contribution >= 0.6 is 23.4 Å². The molecule has 5 heteroatoms. The second-order valence-corrected chi connectivity index (χ2v) is 7.40. The van der Waals surface area contributed by atoms with E-state index in [1.54, 1.807) is 0 Å². The van der Waals surface area contributed by atoms with E-state index in [1.165, 1.54) is 11.8 Å². The number of aromatic nitrogens is 1. The van der Waals surface area contributed by atoms with Crippen LogP contribution < -0.4 is 5.32 Å². The molecule has 0 aliphatic carbocycles. The molecule has 0 bridgehead atoms. The molecule has 0 saturated heterocycles. The van der Waals surface area contributed by atoms with Crippen molar-refractivity contribution in [2.24, 2.45) is 0 Å². The molecule has 0 spiro atoms. The van der Waals surface area contributed by atoms with Gasteiger partial charge in [-0.15, -0.1) is 0 Å². The van der Waals surface area contributed by atoms with Gasteiger partial charge in [-0.2, -0.15) is 0 Å². The quantitative estimate of drug-likeness (QED) is 0.638. The molecule has 25 heavy (non-hydrogen) atoms. The van der Waals surface area contributed by atoms with Crippen LogP contribution in [-0.4, -0.2) is 16.9 Å². The third-order valence-electron chi connectivity index (χ3n) is 3.95. The highest BCUT2D eigenvalue weighted by Crippen LogP contribution is 2.31. The van der Waals surface area contributed by atoms with Gasteiger partial charge in [-0.1, -0.05) is 54.6 Å². The molecule has 0 radical (unpaired) electrons. The molecule has 2 aromatic carbocycles. The van der Waals surface area contributed by atoms with E-state index in [4.69, 9.17) is 11.6 Å². The van der Waals surface area contributed by atoms with E-state index >= 15 is 0 Å². The van der Waals surface area contributed by atoms with Crippen molar-refractivity contribution in [3.05, 3.63) is 65.2 Å². The summed E-state index contributed by atoms with van der Waals surface area (Å²) < 4.78 is 0. The summed E-state index contributed by atoms with van der Waals surface area (Å²) in [5.41, 5.74) is 1.46. The number of amides is 1. The predicted octanol–water partition coefficient (Wildman–Crippen LogP) is 5.57. The molecule has 1 atom stereocenters. The zero-order chi connectivity index (χ0) is 17.8. The van der Waals surface area contributed by atoms with Gasteiger partial charge in [0, 0.05) is 21.3 Å². The van der Waals surface area contributed by atoms with Crippen LogP contribution in [0.2, 0.25) is 5.02 Å². The number of carbonyl (C=O) groups excluding carboxylic acids is 1. The van der Waals surface area contributed by atoms with E-state index < -0.39 is 0 Å². The molecule has 1 heterocycles. The number of rotatable bonds is 5. The van der Waals surface area contributed by atoms with E-state index in [9.17, 15) is 4.79 Å². The summed E-state index contributed by atoms with van der Waals surface area (Å²) in [6.45, 7) is 4.05. The first-order valence-electron chi connectivity index (χ1n) is 8.21. The van der Waals surface area contributed by atoms with Gasteiger partial charge >= 0.3 is 0 Å². The Morgan fingerprint density at radius 2 is 2.00 bits per heavy atom. The lowest BCUT2D eigenvalue weighted by atomic mass is 10.1. The number of halogens is 1. The molecule has 1 N–H and O–H groups in total. The van der Waals surface area contributed by atoms with Crippen molar-refractivity contribution in [2.75, 3.05) is 0 Å². The summed E-state index contributed by atoms with van der Waals surface area (Å²) in [6, 6.07) is 17.3. The summed E-state index contributed by atoms with van der Waals surface area (Å²) in [7, 11) is 0. The maximum atomic E-state index is 12.7. The van der Waals surface area contributed by atoms with E-state index in [-0.39, 0.29) is 11.9 Å². The second kappa shape index (κ2) is 7.89. The third kappa shape index (κ3) is 4.33.